The Kier molecular flexibility index (Phi) is 4.64. The van der Waals surface area contributed by atoms with Crippen molar-refractivity contribution in [2.45, 2.75) is 0 Å². The summed E-state index contributed by atoms with van der Waals surface area (Å²) in [6, 6.07) is 8.71. The predicted octanol–water partition coefficient (Wildman–Crippen LogP) is 1.42. The number of nitrogens with one attached hydrogen (secondary N) is 2. The molecule has 2 aliphatic heterocycles. The summed E-state index contributed by atoms with van der Waals surface area (Å²) in [5, 5.41) is 5.54. The smallest absolute Gasteiger partial charge is 0.262 e. The molecule has 8 nitrogen and oxygen atoms in total. The zero-order valence-corrected chi connectivity index (χ0v) is 15.1. The van der Waals surface area contributed by atoms with E-state index in [-0.39, 0.29) is 18.4 Å². The molecule has 4 rings (SSSR count). The average molecular weight is 367 g/mol. The number of ether oxygens (including phenoxy) is 1. The average Bonchev–Trinajstić information content (AvgIpc) is 2.69. The monoisotopic (exact) mass is 367 g/mol. The van der Waals surface area contributed by atoms with Crippen LogP contribution < -0.4 is 20.3 Å². The van der Waals surface area contributed by atoms with Crippen molar-refractivity contribution < 1.29 is 14.3 Å². The first-order valence-electron chi connectivity index (χ1n) is 8.86. The maximum absolute atomic E-state index is 12.5. The van der Waals surface area contributed by atoms with E-state index in [4.69, 9.17) is 4.74 Å². The van der Waals surface area contributed by atoms with Gasteiger partial charge >= 0.3 is 0 Å². The molecule has 0 saturated carbocycles. The van der Waals surface area contributed by atoms with Crippen molar-refractivity contribution in [3.63, 3.8) is 0 Å². The molecule has 0 bridgehead atoms. The van der Waals surface area contributed by atoms with Crippen LogP contribution in [0.25, 0.3) is 0 Å². The molecule has 8 heteroatoms. The van der Waals surface area contributed by atoms with E-state index in [9.17, 15) is 9.59 Å². The van der Waals surface area contributed by atoms with Crippen LogP contribution in [0.4, 0.5) is 17.2 Å². The molecule has 0 spiro atoms. The van der Waals surface area contributed by atoms with Crippen LogP contribution in [0.15, 0.2) is 36.5 Å². The fraction of sp³-hybridized carbons (Fsp3) is 0.316. The fourth-order valence-electron chi connectivity index (χ4n) is 3.10. The number of amides is 2. The lowest BCUT2D eigenvalue weighted by Crippen LogP contribution is -2.44. The second-order valence-corrected chi connectivity index (χ2v) is 6.70. The third kappa shape index (κ3) is 3.85. The lowest BCUT2D eigenvalue weighted by atomic mass is 10.1. The van der Waals surface area contributed by atoms with Gasteiger partial charge in [-0.05, 0) is 37.4 Å². The van der Waals surface area contributed by atoms with Crippen LogP contribution in [-0.2, 0) is 4.79 Å². The maximum Gasteiger partial charge on any atom is 0.262 e. The Morgan fingerprint density at radius 2 is 2.00 bits per heavy atom. The highest BCUT2D eigenvalue weighted by Crippen LogP contribution is 2.28. The van der Waals surface area contributed by atoms with Crippen molar-refractivity contribution in [1.82, 2.24) is 9.88 Å². The number of carbonyl (C=O) groups excluding carboxylic acids is 2. The van der Waals surface area contributed by atoms with Crippen molar-refractivity contribution in [3.05, 3.63) is 42.1 Å². The first-order chi connectivity index (χ1) is 13.1. The Morgan fingerprint density at radius 3 is 2.74 bits per heavy atom. The standard InChI is InChI=1S/C19H21N5O3/c1-23-6-8-24(9-7-23)17-5-3-14(11-20-17)21-19(26)13-2-4-15-16(10-13)27-12-18(25)22-15/h2-5,10-11H,6-9,12H2,1H3,(H,21,26)(H,22,25). The van der Waals surface area contributed by atoms with Crippen LogP contribution in [0.3, 0.4) is 0 Å². The predicted molar refractivity (Wildman–Crippen MR) is 102 cm³/mol. The number of aromatic nitrogens is 1. The Bertz CT molecular complexity index is 860. The summed E-state index contributed by atoms with van der Waals surface area (Å²) in [7, 11) is 2.11. The van der Waals surface area contributed by atoms with E-state index < -0.39 is 0 Å². The molecule has 2 aromatic rings. The zero-order valence-electron chi connectivity index (χ0n) is 15.1. The van der Waals surface area contributed by atoms with Crippen LogP contribution in [0.2, 0.25) is 0 Å². The Balaban J connectivity index is 1.41. The molecule has 27 heavy (non-hydrogen) atoms. The number of fused-ring (bicyclic) bond motifs is 1. The van der Waals surface area contributed by atoms with Gasteiger partial charge in [0.2, 0.25) is 0 Å². The van der Waals surface area contributed by atoms with Crippen LogP contribution in [0.1, 0.15) is 10.4 Å². The van der Waals surface area contributed by atoms with E-state index in [0.717, 1.165) is 32.0 Å². The van der Waals surface area contributed by atoms with Gasteiger partial charge in [0.1, 0.15) is 11.6 Å². The van der Waals surface area contributed by atoms with Gasteiger partial charge in [-0.2, -0.15) is 0 Å². The number of rotatable bonds is 3. The number of hydrogen-bond donors (Lipinski definition) is 2. The van der Waals surface area contributed by atoms with Gasteiger partial charge in [0.25, 0.3) is 11.8 Å². The van der Waals surface area contributed by atoms with Crippen LogP contribution in [-0.4, -0.2) is 61.5 Å². The first kappa shape index (κ1) is 17.3. The minimum atomic E-state index is -0.257. The van der Waals surface area contributed by atoms with Crippen molar-refractivity contribution >= 4 is 29.0 Å². The highest BCUT2D eigenvalue weighted by Gasteiger charge is 2.18. The van der Waals surface area contributed by atoms with Gasteiger partial charge < -0.3 is 25.2 Å². The molecular formula is C19H21N5O3. The van der Waals surface area contributed by atoms with Gasteiger partial charge in [-0.15, -0.1) is 0 Å². The number of carbonyl (C=O) groups is 2. The van der Waals surface area contributed by atoms with Crippen molar-refractivity contribution in [1.29, 1.82) is 0 Å². The number of likely N-dealkylation sites (N-methyl/N-ethyl adjacent to an activating group) is 1. The summed E-state index contributed by atoms with van der Waals surface area (Å²) in [4.78, 5) is 32.8. The quantitative estimate of drug-likeness (QED) is 0.853. The molecule has 0 aliphatic carbocycles. The number of piperazine rings is 1. The van der Waals surface area contributed by atoms with E-state index in [0.29, 0.717) is 22.7 Å². The number of anilines is 3. The van der Waals surface area contributed by atoms with Crippen molar-refractivity contribution in [2.75, 3.05) is 55.4 Å². The highest BCUT2D eigenvalue weighted by molar-refractivity contribution is 6.05. The summed E-state index contributed by atoms with van der Waals surface area (Å²) < 4.78 is 5.35. The molecular weight excluding hydrogens is 346 g/mol. The third-order valence-corrected chi connectivity index (χ3v) is 4.71. The van der Waals surface area contributed by atoms with Gasteiger partial charge in [0.15, 0.2) is 6.61 Å². The Morgan fingerprint density at radius 1 is 1.19 bits per heavy atom. The second kappa shape index (κ2) is 7.24. The van der Waals surface area contributed by atoms with Crippen LogP contribution in [0.5, 0.6) is 5.75 Å². The molecule has 0 atom stereocenters. The molecule has 2 N–H and O–H groups in total. The molecule has 1 aromatic heterocycles. The van der Waals surface area contributed by atoms with E-state index >= 15 is 0 Å². The van der Waals surface area contributed by atoms with E-state index in [1.165, 1.54) is 0 Å². The lowest BCUT2D eigenvalue weighted by molar-refractivity contribution is -0.118. The van der Waals surface area contributed by atoms with Crippen molar-refractivity contribution in [3.8, 4) is 5.75 Å². The Labute approximate surface area is 157 Å². The molecule has 3 heterocycles. The molecule has 0 unspecified atom stereocenters. The fourth-order valence-corrected chi connectivity index (χ4v) is 3.10. The minimum Gasteiger partial charge on any atom is -0.482 e. The second-order valence-electron chi connectivity index (χ2n) is 6.70. The van der Waals surface area contributed by atoms with E-state index in [1.807, 2.05) is 12.1 Å². The lowest BCUT2D eigenvalue weighted by Gasteiger charge is -2.33. The topological polar surface area (TPSA) is 86.8 Å². The maximum atomic E-state index is 12.5. The number of nitrogens with zero attached hydrogens (tertiary/aromatic N) is 3. The van der Waals surface area contributed by atoms with E-state index in [1.54, 1.807) is 24.4 Å². The minimum absolute atomic E-state index is 0.0459. The van der Waals surface area contributed by atoms with Crippen LogP contribution >= 0.6 is 0 Å². The highest BCUT2D eigenvalue weighted by atomic mass is 16.5. The molecule has 1 saturated heterocycles. The molecule has 1 fully saturated rings. The largest absolute Gasteiger partial charge is 0.482 e. The van der Waals surface area contributed by atoms with Gasteiger partial charge in [0, 0.05) is 31.7 Å². The molecule has 0 radical (unpaired) electrons. The van der Waals surface area contributed by atoms with Gasteiger partial charge in [0.05, 0.1) is 17.6 Å². The molecule has 2 amide bonds. The van der Waals surface area contributed by atoms with Gasteiger partial charge in [-0.25, -0.2) is 4.98 Å². The first-order valence-corrected chi connectivity index (χ1v) is 8.86. The summed E-state index contributed by atoms with van der Waals surface area (Å²) in [6.45, 7) is 3.87. The zero-order chi connectivity index (χ0) is 18.8. The van der Waals surface area contributed by atoms with Gasteiger partial charge in [-0.3, -0.25) is 9.59 Å². The SMILES string of the molecule is CN1CCN(c2ccc(NC(=O)c3ccc4c(c3)OCC(=O)N4)cn2)CC1. The summed E-state index contributed by atoms with van der Waals surface area (Å²) in [5.74, 6) is 0.948. The molecule has 140 valence electrons. The summed E-state index contributed by atoms with van der Waals surface area (Å²) in [6.07, 6.45) is 1.67. The summed E-state index contributed by atoms with van der Waals surface area (Å²) in [5.41, 5.74) is 1.65. The van der Waals surface area contributed by atoms with E-state index in [2.05, 4.69) is 32.5 Å². The van der Waals surface area contributed by atoms with Crippen molar-refractivity contribution in [2.24, 2.45) is 0 Å². The summed E-state index contributed by atoms with van der Waals surface area (Å²) >= 11 is 0. The van der Waals surface area contributed by atoms with Crippen LogP contribution in [0, 0.1) is 0 Å². The number of benzene rings is 1. The molecule has 1 aromatic carbocycles. The molecule has 2 aliphatic rings. The third-order valence-electron chi connectivity index (χ3n) is 4.71. The van der Waals surface area contributed by atoms with Gasteiger partial charge in [-0.1, -0.05) is 0 Å². The number of hydrogen-bond acceptors (Lipinski definition) is 6. The number of pyridine rings is 1. The normalized spacial score (nSPS) is 16.9. The Hall–Kier alpha value is -3.13.